The summed E-state index contributed by atoms with van der Waals surface area (Å²) in [6.45, 7) is 1.50. The monoisotopic (exact) mass is 413 g/mol. The molecule has 2 aliphatic rings. The highest BCUT2D eigenvalue weighted by molar-refractivity contribution is 5.96. The van der Waals surface area contributed by atoms with Gasteiger partial charge >= 0.3 is 6.03 Å². The Labute approximate surface area is 174 Å². The van der Waals surface area contributed by atoms with Crippen molar-refractivity contribution in [2.45, 2.75) is 6.54 Å². The lowest BCUT2D eigenvalue weighted by Gasteiger charge is -2.19. The van der Waals surface area contributed by atoms with Gasteiger partial charge in [0.2, 0.25) is 12.7 Å². The van der Waals surface area contributed by atoms with Crippen LogP contribution in [0.5, 0.6) is 23.0 Å². The van der Waals surface area contributed by atoms with E-state index >= 15 is 0 Å². The first kappa shape index (κ1) is 19.7. The summed E-state index contributed by atoms with van der Waals surface area (Å²) in [5.41, 5.74) is 1.59. The quantitative estimate of drug-likeness (QED) is 0.747. The summed E-state index contributed by atoms with van der Waals surface area (Å²) >= 11 is 0. The molecule has 0 radical (unpaired) electrons. The number of hydrogen-bond donors (Lipinski definition) is 1. The predicted molar refractivity (Wildman–Crippen MR) is 108 cm³/mol. The minimum atomic E-state index is -0.227. The van der Waals surface area contributed by atoms with E-state index in [9.17, 15) is 9.59 Å². The number of nitrogens with one attached hydrogen (secondary N) is 1. The maximum atomic E-state index is 12.8. The molecule has 9 nitrogen and oxygen atoms in total. The van der Waals surface area contributed by atoms with E-state index in [1.54, 1.807) is 37.3 Å². The van der Waals surface area contributed by atoms with Crippen molar-refractivity contribution in [1.82, 2.24) is 10.2 Å². The van der Waals surface area contributed by atoms with Crippen LogP contribution in [0.25, 0.3) is 0 Å². The summed E-state index contributed by atoms with van der Waals surface area (Å²) in [7, 11) is 3.10. The third kappa shape index (κ3) is 3.91. The van der Waals surface area contributed by atoms with Crippen molar-refractivity contribution in [1.29, 1.82) is 0 Å². The van der Waals surface area contributed by atoms with Crippen molar-refractivity contribution in [3.63, 3.8) is 0 Å². The fourth-order valence-corrected chi connectivity index (χ4v) is 3.44. The fourth-order valence-electron chi connectivity index (χ4n) is 3.44. The topological polar surface area (TPSA) is 89.6 Å². The van der Waals surface area contributed by atoms with Gasteiger partial charge < -0.3 is 29.2 Å². The van der Waals surface area contributed by atoms with Gasteiger partial charge in [-0.05, 0) is 29.8 Å². The number of benzene rings is 2. The first-order chi connectivity index (χ1) is 14.6. The molecule has 1 saturated heterocycles. The van der Waals surface area contributed by atoms with Gasteiger partial charge in [0.05, 0.1) is 14.2 Å². The molecule has 2 aromatic rings. The van der Waals surface area contributed by atoms with Crippen LogP contribution in [0.15, 0.2) is 36.4 Å². The summed E-state index contributed by atoms with van der Waals surface area (Å²) in [5, 5.41) is 2.84. The molecular formula is C21H23N3O6. The Balaban J connectivity index is 1.33. The molecule has 2 aliphatic heterocycles. The molecule has 3 amide bonds. The van der Waals surface area contributed by atoms with E-state index in [0.29, 0.717) is 48.3 Å². The number of amides is 3. The van der Waals surface area contributed by atoms with E-state index in [1.807, 2.05) is 18.2 Å². The number of nitrogens with zero attached hydrogens (tertiary/aromatic N) is 2. The minimum absolute atomic E-state index is 0.00677. The van der Waals surface area contributed by atoms with Gasteiger partial charge in [0.1, 0.15) is 6.54 Å². The van der Waals surface area contributed by atoms with E-state index in [-0.39, 0.29) is 25.3 Å². The highest BCUT2D eigenvalue weighted by atomic mass is 16.7. The number of ether oxygens (including phenoxy) is 4. The zero-order valence-electron chi connectivity index (χ0n) is 16.8. The van der Waals surface area contributed by atoms with E-state index in [2.05, 4.69) is 5.32 Å². The second kappa shape index (κ2) is 8.40. The number of rotatable bonds is 7. The lowest BCUT2D eigenvalue weighted by Crippen LogP contribution is -2.39. The Hall–Kier alpha value is -3.62. The summed E-state index contributed by atoms with van der Waals surface area (Å²) in [5.74, 6) is 2.27. The highest BCUT2D eigenvalue weighted by Gasteiger charge is 2.31. The number of methoxy groups -OCH3 is 2. The van der Waals surface area contributed by atoms with E-state index in [1.165, 1.54) is 4.90 Å². The summed E-state index contributed by atoms with van der Waals surface area (Å²) < 4.78 is 21.2. The molecule has 0 saturated carbocycles. The van der Waals surface area contributed by atoms with E-state index in [0.717, 1.165) is 5.56 Å². The normalized spacial score (nSPS) is 14.8. The van der Waals surface area contributed by atoms with E-state index < -0.39 is 0 Å². The van der Waals surface area contributed by atoms with Crippen molar-refractivity contribution in [2.75, 3.05) is 45.5 Å². The summed E-state index contributed by atoms with van der Waals surface area (Å²) in [4.78, 5) is 28.3. The van der Waals surface area contributed by atoms with Crippen molar-refractivity contribution in [3.05, 3.63) is 42.0 Å². The van der Waals surface area contributed by atoms with Crippen molar-refractivity contribution in [3.8, 4) is 23.0 Å². The zero-order chi connectivity index (χ0) is 21.1. The Bertz CT molecular complexity index is 964. The molecule has 1 N–H and O–H groups in total. The molecule has 30 heavy (non-hydrogen) atoms. The molecule has 0 unspecified atom stereocenters. The molecule has 1 fully saturated rings. The Morgan fingerprint density at radius 2 is 1.83 bits per heavy atom. The fraction of sp³-hybridized carbons (Fsp3) is 0.333. The number of anilines is 1. The van der Waals surface area contributed by atoms with Gasteiger partial charge in [-0.25, -0.2) is 4.79 Å². The first-order valence-electron chi connectivity index (χ1n) is 9.52. The highest BCUT2D eigenvalue weighted by Crippen LogP contribution is 2.33. The molecule has 0 aromatic heterocycles. The maximum Gasteiger partial charge on any atom is 0.325 e. The molecule has 2 heterocycles. The number of carbonyl (C=O) groups is 2. The van der Waals surface area contributed by atoms with Crippen LogP contribution in [0.1, 0.15) is 5.56 Å². The van der Waals surface area contributed by atoms with Crippen LogP contribution in [-0.2, 0) is 11.3 Å². The molecule has 0 bridgehead atoms. The zero-order valence-corrected chi connectivity index (χ0v) is 16.8. The SMILES string of the molecule is COc1ccc(N2CCN(CC(=O)NCc3ccc4c(c3)OCO4)C2=O)cc1OC. The van der Waals surface area contributed by atoms with Gasteiger partial charge in [0.15, 0.2) is 23.0 Å². The largest absolute Gasteiger partial charge is 0.493 e. The van der Waals surface area contributed by atoms with Gasteiger partial charge in [-0.15, -0.1) is 0 Å². The Kier molecular flexibility index (Phi) is 5.51. The number of urea groups is 1. The van der Waals surface area contributed by atoms with Crippen LogP contribution in [0.2, 0.25) is 0 Å². The van der Waals surface area contributed by atoms with Crippen LogP contribution < -0.4 is 29.2 Å². The van der Waals surface area contributed by atoms with Crippen LogP contribution >= 0.6 is 0 Å². The van der Waals surface area contributed by atoms with Crippen LogP contribution in [-0.4, -0.2) is 57.5 Å². The van der Waals surface area contributed by atoms with Crippen molar-refractivity contribution < 1.29 is 28.5 Å². The molecule has 0 aliphatic carbocycles. The molecule has 4 rings (SSSR count). The molecule has 0 spiro atoms. The Morgan fingerprint density at radius 1 is 1.03 bits per heavy atom. The average Bonchev–Trinajstić information content (AvgIpc) is 3.38. The number of carbonyl (C=O) groups excluding carboxylic acids is 2. The Morgan fingerprint density at radius 3 is 2.63 bits per heavy atom. The molecule has 9 heteroatoms. The van der Waals surface area contributed by atoms with Crippen LogP contribution in [0.3, 0.4) is 0 Å². The molecule has 0 atom stereocenters. The lowest BCUT2D eigenvalue weighted by atomic mass is 10.2. The first-order valence-corrected chi connectivity index (χ1v) is 9.52. The molecule has 2 aromatic carbocycles. The standard InChI is InChI=1S/C21H23N3O6/c1-27-16-6-4-15(10-18(16)28-2)24-8-7-23(21(24)26)12-20(25)22-11-14-3-5-17-19(9-14)30-13-29-17/h3-6,9-10H,7-8,11-13H2,1-2H3,(H,22,25). The van der Waals surface area contributed by atoms with Gasteiger partial charge in [0, 0.05) is 31.4 Å². The third-order valence-corrected chi connectivity index (χ3v) is 5.03. The summed E-state index contributed by atoms with van der Waals surface area (Å²) in [6.07, 6.45) is 0. The number of hydrogen-bond acceptors (Lipinski definition) is 6. The molecule has 158 valence electrons. The van der Waals surface area contributed by atoms with Crippen molar-refractivity contribution >= 4 is 17.6 Å². The van der Waals surface area contributed by atoms with Gasteiger partial charge in [0.25, 0.3) is 0 Å². The van der Waals surface area contributed by atoms with Crippen LogP contribution in [0.4, 0.5) is 10.5 Å². The van der Waals surface area contributed by atoms with Gasteiger partial charge in [-0.2, -0.15) is 0 Å². The smallest absolute Gasteiger partial charge is 0.325 e. The maximum absolute atomic E-state index is 12.8. The average molecular weight is 413 g/mol. The minimum Gasteiger partial charge on any atom is -0.493 e. The second-order valence-electron chi connectivity index (χ2n) is 6.86. The predicted octanol–water partition coefficient (Wildman–Crippen LogP) is 1.99. The second-order valence-corrected chi connectivity index (χ2v) is 6.86. The summed E-state index contributed by atoms with van der Waals surface area (Å²) in [6, 6.07) is 10.6. The van der Waals surface area contributed by atoms with Crippen molar-refractivity contribution in [2.24, 2.45) is 0 Å². The third-order valence-electron chi connectivity index (χ3n) is 5.03. The lowest BCUT2D eigenvalue weighted by molar-refractivity contribution is -0.121. The number of fused-ring (bicyclic) bond motifs is 1. The van der Waals surface area contributed by atoms with Gasteiger partial charge in [-0.1, -0.05) is 6.07 Å². The molecular weight excluding hydrogens is 390 g/mol. The van der Waals surface area contributed by atoms with Crippen LogP contribution in [0, 0.1) is 0 Å². The van der Waals surface area contributed by atoms with E-state index in [4.69, 9.17) is 18.9 Å². The van der Waals surface area contributed by atoms with Gasteiger partial charge in [-0.3, -0.25) is 9.69 Å².